The Morgan fingerprint density at radius 1 is 1.00 bits per heavy atom. The van der Waals surface area contributed by atoms with Gasteiger partial charge in [0.05, 0.1) is 11.4 Å². The van der Waals surface area contributed by atoms with Gasteiger partial charge in [-0.25, -0.2) is 4.90 Å². The molecule has 0 radical (unpaired) electrons. The number of halogens is 2. The second-order valence-electron chi connectivity index (χ2n) is 7.63. The van der Waals surface area contributed by atoms with Gasteiger partial charge in [-0.1, -0.05) is 18.2 Å². The van der Waals surface area contributed by atoms with Crippen molar-refractivity contribution in [2.45, 2.75) is 27.7 Å². The Balaban J connectivity index is 2.09. The summed E-state index contributed by atoms with van der Waals surface area (Å²) < 4.78 is 29.2. The summed E-state index contributed by atoms with van der Waals surface area (Å²) in [6.45, 7) is 7.09. The zero-order valence-electron chi connectivity index (χ0n) is 17.6. The molecular formula is C23H20BF2N3O2. The number of benzene rings is 1. The molecule has 0 saturated carbocycles. The van der Waals surface area contributed by atoms with Crippen LogP contribution in [0.25, 0.3) is 5.57 Å². The molecule has 3 heterocycles. The van der Waals surface area contributed by atoms with E-state index in [1.54, 1.807) is 44.2 Å². The molecule has 4 rings (SSSR count). The Kier molecular flexibility index (Phi) is 5.09. The minimum Gasteiger partial charge on any atom is -0.329 e. The minimum atomic E-state index is -2.76. The Labute approximate surface area is 179 Å². The number of aryl methyl sites for hydroxylation is 2. The molecule has 0 atom stereocenters. The third kappa shape index (κ3) is 3.38. The summed E-state index contributed by atoms with van der Waals surface area (Å²) in [5, 5.41) is 0. The van der Waals surface area contributed by atoms with Crippen LogP contribution in [-0.2, 0) is 9.59 Å². The third-order valence-electron chi connectivity index (χ3n) is 5.40. The first-order valence-corrected chi connectivity index (χ1v) is 9.81. The normalized spacial score (nSPS) is 17.4. The molecule has 2 aromatic rings. The Bertz CT molecular complexity index is 1230. The lowest BCUT2D eigenvalue weighted by Gasteiger charge is -2.22. The zero-order chi connectivity index (χ0) is 22.4. The maximum Gasteiger partial charge on any atom is 0.677 e. The number of para-hydroxylation sites is 1. The van der Waals surface area contributed by atoms with Crippen LogP contribution in [0.5, 0.6) is 0 Å². The Morgan fingerprint density at radius 2 is 1.65 bits per heavy atom. The molecule has 2 amide bonds. The van der Waals surface area contributed by atoms with Gasteiger partial charge < -0.3 is 4.48 Å². The van der Waals surface area contributed by atoms with Crippen LogP contribution in [0.15, 0.2) is 64.8 Å². The molecule has 2 aliphatic rings. The molecule has 0 N–H and O–H groups in total. The molecule has 8 heteroatoms. The lowest BCUT2D eigenvalue weighted by molar-refractivity contribution is -0.119. The van der Waals surface area contributed by atoms with Crippen LogP contribution in [0, 0.1) is 13.8 Å². The lowest BCUT2D eigenvalue weighted by Crippen LogP contribution is -2.30. The van der Waals surface area contributed by atoms with Crippen LogP contribution in [0.3, 0.4) is 0 Å². The van der Waals surface area contributed by atoms with Crippen molar-refractivity contribution in [3.63, 3.8) is 0 Å². The minimum absolute atomic E-state index is 0.313. The van der Waals surface area contributed by atoms with Crippen molar-refractivity contribution in [3.05, 3.63) is 82.3 Å². The summed E-state index contributed by atoms with van der Waals surface area (Å²) in [7, 11) is -2.76. The van der Waals surface area contributed by atoms with Gasteiger partial charge >= 0.3 is 7.40 Å². The van der Waals surface area contributed by atoms with E-state index in [0.717, 1.165) is 20.7 Å². The molecule has 31 heavy (non-hydrogen) atoms. The molecule has 0 spiro atoms. The van der Waals surface area contributed by atoms with Crippen LogP contribution in [0.4, 0.5) is 14.3 Å². The lowest BCUT2D eigenvalue weighted by atomic mass is 9.93. The number of aliphatic imine (C=N–C) groups is 1. The number of carbonyl (C=O) groups excluding carboxylic acids is 2. The second kappa shape index (κ2) is 7.61. The zero-order valence-corrected chi connectivity index (χ0v) is 17.6. The molecule has 5 nitrogen and oxygen atoms in total. The maximum atomic E-state index is 14.1. The van der Waals surface area contributed by atoms with Crippen LogP contribution >= 0.6 is 0 Å². The van der Waals surface area contributed by atoms with E-state index >= 15 is 0 Å². The van der Waals surface area contributed by atoms with Gasteiger partial charge in [0.1, 0.15) is 0 Å². The van der Waals surface area contributed by atoms with Gasteiger partial charge in [0, 0.05) is 40.4 Å². The summed E-state index contributed by atoms with van der Waals surface area (Å²) in [5.74, 6) is -0.949. The largest absolute Gasteiger partial charge is 0.677 e. The second-order valence-corrected chi connectivity index (χ2v) is 7.63. The summed E-state index contributed by atoms with van der Waals surface area (Å²) in [4.78, 5) is 30.5. The highest BCUT2D eigenvalue weighted by atomic mass is 19.2. The number of hydrogen-bond donors (Lipinski definition) is 0. The predicted octanol–water partition coefficient (Wildman–Crippen LogP) is 4.49. The first-order chi connectivity index (χ1) is 14.7. The highest BCUT2D eigenvalue weighted by Crippen LogP contribution is 2.41. The fourth-order valence-corrected chi connectivity index (χ4v) is 4.20. The summed E-state index contributed by atoms with van der Waals surface area (Å²) in [5.41, 5.74) is 4.76. The topological polar surface area (TPSA) is 54.7 Å². The summed E-state index contributed by atoms with van der Waals surface area (Å²) in [6, 6.07) is 8.52. The van der Waals surface area contributed by atoms with E-state index in [1.165, 1.54) is 12.2 Å². The van der Waals surface area contributed by atoms with Crippen molar-refractivity contribution in [1.82, 2.24) is 4.48 Å². The standard InChI is InChI=1S/C23H20BF2N3O2/c1-13-11-15(3)27-22(13)21(23-14(2)12-16(4)29(23)24(25)26)17-7-5-6-8-18(17)28-19(30)9-10-20(28)31/h5-12H,1-4H3/b22-21-. The van der Waals surface area contributed by atoms with E-state index in [0.29, 0.717) is 39.5 Å². The highest BCUT2D eigenvalue weighted by Gasteiger charge is 2.33. The average molecular weight is 419 g/mol. The number of aromatic nitrogens is 1. The maximum absolute atomic E-state index is 14.1. The number of allylic oxidation sites excluding steroid dienone is 2. The van der Waals surface area contributed by atoms with Crippen LogP contribution in [0.1, 0.15) is 36.4 Å². The van der Waals surface area contributed by atoms with E-state index in [9.17, 15) is 18.2 Å². The van der Waals surface area contributed by atoms with Crippen molar-refractivity contribution in [1.29, 1.82) is 0 Å². The van der Waals surface area contributed by atoms with Crippen molar-refractivity contribution < 1.29 is 18.2 Å². The fraction of sp³-hybridized carbons (Fsp3) is 0.174. The van der Waals surface area contributed by atoms with Crippen LogP contribution < -0.4 is 4.90 Å². The molecule has 1 aromatic heterocycles. The van der Waals surface area contributed by atoms with Gasteiger partial charge in [0.25, 0.3) is 11.8 Å². The SMILES string of the molecule is CC1=CC(C)=N/C1=C(/c1ccccc1N1C(=O)C=CC1=O)c1c(C)cc(C)n1B(F)F. The van der Waals surface area contributed by atoms with Crippen LogP contribution in [0.2, 0.25) is 0 Å². The number of imide groups is 1. The molecule has 0 fully saturated rings. The molecule has 0 aliphatic carbocycles. The average Bonchev–Trinajstić information content (AvgIpc) is 3.31. The van der Waals surface area contributed by atoms with Crippen molar-refractivity contribution in [2.75, 3.05) is 4.90 Å². The smallest absolute Gasteiger partial charge is 0.329 e. The fourth-order valence-electron chi connectivity index (χ4n) is 4.20. The van der Waals surface area contributed by atoms with E-state index < -0.39 is 19.2 Å². The van der Waals surface area contributed by atoms with E-state index in [4.69, 9.17) is 0 Å². The number of anilines is 1. The Hall–Kier alpha value is -3.55. The van der Waals surface area contributed by atoms with Gasteiger partial charge in [0.15, 0.2) is 0 Å². The van der Waals surface area contributed by atoms with Crippen molar-refractivity contribution >= 4 is 36.2 Å². The molecular weight excluding hydrogens is 399 g/mol. The number of nitrogens with zero attached hydrogens (tertiary/aromatic N) is 3. The molecule has 1 aromatic carbocycles. The van der Waals surface area contributed by atoms with Gasteiger partial charge in [0.2, 0.25) is 0 Å². The molecule has 0 saturated heterocycles. The first-order valence-electron chi connectivity index (χ1n) is 9.81. The van der Waals surface area contributed by atoms with Crippen molar-refractivity contribution in [2.24, 2.45) is 4.99 Å². The van der Waals surface area contributed by atoms with E-state index in [2.05, 4.69) is 4.99 Å². The van der Waals surface area contributed by atoms with Crippen LogP contribution in [-0.4, -0.2) is 29.4 Å². The molecule has 156 valence electrons. The number of rotatable bonds is 4. The van der Waals surface area contributed by atoms with Gasteiger partial charge in [-0.2, -0.15) is 0 Å². The third-order valence-corrected chi connectivity index (χ3v) is 5.40. The van der Waals surface area contributed by atoms with Gasteiger partial charge in [-0.05, 0) is 57.0 Å². The summed E-state index contributed by atoms with van der Waals surface area (Å²) >= 11 is 0. The predicted molar refractivity (Wildman–Crippen MR) is 118 cm³/mol. The van der Waals surface area contributed by atoms with E-state index in [-0.39, 0.29) is 0 Å². The first kappa shape index (κ1) is 20.7. The number of hydrogen-bond acceptors (Lipinski definition) is 3. The summed E-state index contributed by atoms with van der Waals surface area (Å²) in [6.07, 6.45) is 4.28. The highest BCUT2D eigenvalue weighted by molar-refractivity contribution is 6.41. The molecule has 0 unspecified atom stereocenters. The van der Waals surface area contributed by atoms with Crippen molar-refractivity contribution in [3.8, 4) is 0 Å². The van der Waals surface area contributed by atoms with E-state index in [1.807, 2.05) is 19.9 Å². The van der Waals surface area contributed by atoms with Gasteiger partial charge in [-0.3, -0.25) is 23.2 Å². The molecule has 0 bridgehead atoms. The van der Waals surface area contributed by atoms with Gasteiger partial charge in [-0.15, -0.1) is 0 Å². The monoisotopic (exact) mass is 419 g/mol. The Morgan fingerprint density at radius 3 is 2.23 bits per heavy atom. The quantitative estimate of drug-likeness (QED) is 0.542. The molecule has 2 aliphatic heterocycles. The number of amides is 2. The number of carbonyl (C=O) groups is 2.